The molecule has 0 amide bonds. The van der Waals surface area contributed by atoms with Gasteiger partial charge < -0.3 is 5.11 Å². The van der Waals surface area contributed by atoms with Crippen molar-refractivity contribution in [2.45, 2.75) is 13.1 Å². The molecule has 2 aromatic carbocycles. The zero-order valence-electron chi connectivity index (χ0n) is 12.3. The SMILES string of the molecule is Cc1c(C(=O)O)cc(C#N)c(-c2ccc(C(F)(F)F)cc2)c1C#N. The molecule has 0 aliphatic carbocycles. The highest BCUT2D eigenvalue weighted by atomic mass is 19.4. The summed E-state index contributed by atoms with van der Waals surface area (Å²) in [6.45, 7) is 1.41. The molecule has 0 saturated carbocycles. The van der Waals surface area contributed by atoms with E-state index in [4.69, 9.17) is 5.11 Å². The van der Waals surface area contributed by atoms with Crippen molar-refractivity contribution in [2.24, 2.45) is 0 Å². The van der Waals surface area contributed by atoms with Crippen molar-refractivity contribution < 1.29 is 23.1 Å². The van der Waals surface area contributed by atoms with Gasteiger partial charge in [-0.05, 0) is 36.2 Å². The van der Waals surface area contributed by atoms with E-state index in [1.54, 1.807) is 6.07 Å². The Morgan fingerprint density at radius 1 is 1.12 bits per heavy atom. The van der Waals surface area contributed by atoms with Crippen molar-refractivity contribution in [3.8, 4) is 23.3 Å². The van der Waals surface area contributed by atoms with Crippen LogP contribution in [0, 0.1) is 29.6 Å². The van der Waals surface area contributed by atoms with Crippen LogP contribution in [0.2, 0.25) is 0 Å². The summed E-state index contributed by atoms with van der Waals surface area (Å²) in [7, 11) is 0. The van der Waals surface area contributed by atoms with Crippen LogP contribution in [-0.2, 0) is 6.18 Å². The molecule has 0 aliphatic heterocycles. The normalized spacial score (nSPS) is 10.8. The molecular weight excluding hydrogens is 321 g/mol. The summed E-state index contributed by atoms with van der Waals surface area (Å²) in [6.07, 6.45) is -4.50. The quantitative estimate of drug-likeness (QED) is 0.897. The Morgan fingerprint density at radius 2 is 1.71 bits per heavy atom. The number of nitrogens with zero attached hydrogens (tertiary/aromatic N) is 2. The van der Waals surface area contributed by atoms with E-state index in [0.29, 0.717) is 0 Å². The van der Waals surface area contributed by atoms with Crippen LogP contribution in [0.3, 0.4) is 0 Å². The number of rotatable bonds is 2. The third kappa shape index (κ3) is 2.92. The first-order valence-corrected chi connectivity index (χ1v) is 6.59. The van der Waals surface area contributed by atoms with E-state index in [0.717, 1.165) is 30.3 Å². The molecule has 2 aromatic rings. The van der Waals surface area contributed by atoms with Gasteiger partial charge in [0.2, 0.25) is 0 Å². The number of hydrogen-bond donors (Lipinski definition) is 1. The van der Waals surface area contributed by atoms with Crippen molar-refractivity contribution in [1.29, 1.82) is 10.5 Å². The molecule has 120 valence electrons. The second-order valence-electron chi connectivity index (χ2n) is 4.95. The van der Waals surface area contributed by atoms with E-state index in [1.165, 1.54) is 6.92 Å². The van der Waals surface area contributed by atoms with E-state index in [2.05, 4.69) is 0 Å². The fraction of sp³-hybridized carbons (Fsp3) is 0.118. The smallest absolute Gasteiger partial charge is 0.416 e. The first-order chi connectivity index (χ1) is 11.2. The minimum atomic E-state index is -4.50. The van der Waals surface area contributed by atoms with Crippen molar-refractivity contribution in [3.05, 3.63) is 58.1 Å². The van der Waals surface area contributed by atoms with E-state index in [9.17, 15) is 28.5 Å². The van der Waals surface area contributed by atoms with Gasteiger partial charge in [0.1, 0.15) is 6.07 Å². The molecule has 24 heavy (non-hydrogen) atoms. The molecule has 0 atom stereocenters. The number of aromatic carboxylic acids is 1. The Bertz CT molecular complexity index is 902. The van der Waals surface area contributed by atoms with Gasteiger partial charge in [-0.25, -0.2) is 4.79 Å². The molecule has 0 radical (unpaired) electrons. The molecule has 0 unspecified atom stereocenters. The van der Waals surface area contributed by atoms with Crippen LogP contribution in [0.15, 0.2) is 30.3 Å². The van der Waals surface area contributed by atoms with Gasteiger partial charge >= 0.3 is 12.1 Å². The molecule has 7 heteroatoms. The van der Waals surface area contributed by atoms with E-state index < -0.39 is 17.7 Å². The summed E-state index contributed by atoms with van der Waals surface area (Å²) in [5.74, 6) is -1.29. The van der Waals surface area contributed by atoms with Crippen LogP contribution in [0.5, 0.6) is 0 Å². The fourth-order valence-corrected chi connectivity index (χ4v) is 2.36. The van der Waals surface area contributed by atoms with Gasteiger partial charge in [0.05, 0.1) is 28.3 Å². The lowest BCUT2D eigenvalue weighted by Gasteiger charge is -2.13. The summed E-state index contributed by atoms with van der Waals surface area (Å²) in [5, 5.41) is 27.7. The van der Waals surface area contributed by atoms with Gasteiger partial charge in [-0.2, -0.15) is 23.7 Å². The number of carboxylic acids is 1. The lowest BCUT2D eigenvalue weighted by Crippen LogP contribution is -2.06. The second-order valence-corrected chi connectivity index (χ2v) is 4.95. The zero-order chi connectivity index (χ0) is 18.1. The molecule has 0 saturated heterocycles. The van der Waals surface area contributed by atoms with Crippen molar-refractivity contribution in [1.82, 2.24) is 0 Å². The Kier molecular flexibility index (Phi) is 4.30. The molecule has 0 heterocycles. The first kappa shape index (κ1) is 17.0. The predicted molar refractivity (Wildman–Crippen MR) is 78.0 cm³/mol. The molecule has 4 nitrogen and oxygen atoms in total. The van der Waals surface area contributed by atoms with Crippen LogP contribution in [0.4, 0.5) is 13.2 Å². The molecule has 0 spiro atoms. The Hall–Kier alpha value is -3.32. The third-order valence-corrected chi connectivity index (χ3v) is 3.55. The van der Waals surface area contributed by atoms with Crippen LogP contribution in [0.25, 0.3) is 11.1 Å². The highest BCUT2D eigenvalue weighted by Gasteiger charge is 2.30. The summed E-state index contributed by atoms with van der Waals surface area (Å²) >= 11 is 0. The first-order valence-electron chi connectivity index (χ1n) is 6.59. The Morgan fingerprint density at radius 3 is 2.12 bits per heavy atom. The van der Waals surface area contributed by atoms with E-state index in [-0.39, 0.29) is 33.4 Å². The standard InChI is InChI=1S/C17H9F3N2O2/c1-9-13(16(23)24)6-11(7-21)15(14(9)8-22)10-2-4-12(5-3-10)17(18,19)20/h2-6H,1H3,(H,23,24). The molecule has 2 rings (SSSR count). The summed E-state index contributed by atoms with van der Waals surface area (Å²) in [4.78, 5) is 11.2. The third-order valence-electron chi connectivity index (χ3n) is 3.55. The number of nitriles is 2. The van der Waals surface area contributed by atoms with Gasteiger partial charge in [-0.15, -0.1) is 0 Å². The fourth-order valence-electron chi connectivity index (χ4n) is 2.36. The largest absolute Gasteiger partial charge is 0.478 e. The van der Waals surface area contributed by atoms with Crippen LogP contribution >= 0.6 is 0 Å². The van der Waals surface area contributed by atoms with Gasteiger partial charge in [0, 0.05) is 5.56 Å². The number of carboxylic acid groups (broad SMARTS) is 1. The molecular formula is C17H9F3N2O2. The van der Waals surface area contributed by atoms with Gasteiger partial charge in [-0.3, -0.25) is 0 Å². The Labute approximate surface area is 135 Å². The van der Waals surface area contributed by atoms with Crippen molar-refractivity contribution >= 4 is 5.97 Å². The maximum Gasteiger partial charge on any atom is 0.416 e. The maximum absolute atomic E-state index is 12.6. The van der Waals surface area contributed by atoms with Crippen molar-refractivity contribution in [2.75, 3.05) is 0 Å². The lowest BCUT2D eigenvalue weighted by atomic mass is 9.89. The molecule has 1 N–H and O–H groups in total. The average Bonchev–Trinajstić information content (AvgIpc) is 2.53. The Balaban J connectivity index is 2.75. The minimum absolute atomic E-state index is 0.0498. The van der Waals surface area contributed by atoms with E-state index >= 15 is 0 Å². The van der Waals surface area contributed by atoms with Crippen molar-refractivity contribution in [3.63, 3.8) is 0 Å². The summed E-state index contributed by atoms with van der Waals surface area (Å²) < 4.78 is 37.9. The summed E-state index contributed by atoms with van der Waals surface area (Å²) in [6, 6.07) is 8.75. The highest BCUT2D eigenvalue weighted by Crippen LogP contribution is 2.34. The second kappa shape index (κ2) is 6.05. The van der Waals surface area contributed by atoms with E-state index in [1.807, 2.05) is 6.07 Å². The topological polar surface area (TPSA) is 84.9 Å². The number of benzene rings is 2. The molecule has 0 aromatic heterocycles. The van der Waals surface area contributed by atoms with Gasteiger partial charge in [0.25, 0.3) is 0 Å². The number of alkyl halides is 3. The highest BCUT2D eigenvalue weighted by molar-refractivity contribution is 5.93. The van der Waals surface area contributed by atoms with Crippen LogP contribution < -0.4 is 0 Å². The molecule has 0 fully saturated rings. The predicted octanol–water partition coefficient (Wildman–Crippen LogP) is 4.12. The average molecular weight is 330 g/mol. The maximum atomic E-state index is 12.6. The molecule has 0 aliphatic rings. The van der Waals surface area contributed by atoms with Gasteiger partial charge in [0.15, 0.2) is 0 Å². The van der Waals surface area contributed by atoms with Gasteiger partial charge in [-0.1, -0.05) is 12.1 Å². The number of carbonyl (C=O) groups is 1. The number of hydrogen-bond acceptors (Lipinski definition) is 3. The lowest BCUT2D eigenvalue weighted by molar-refractivity contribution is -0.137. The monoisotopic (exact) mass is 330 g/mol. The number of halogens is 3. The summed E-state index contributed by atoms with van der Waals surface area (Å²) in [5.41, 5.74) is -0.687. The molecule has 0 bridgehead atoms. The van der Waals surface area contributed by atoms with Crippen LogP contribution in [0.1, 0.15) is 32.6 Å². The van der Waals surface area contributed by atoms with Crippen LogP contribution in [-0.4, -0.2) is 11.1 Å². The minimum Gasteiger partial charge on any atom is -0.478 e. The zero-order valence-corrected chi connectivity index (χ0v) is 12.3.